The summed E-state index contributed by atoms with van der Waals surface area (Å²) in [4.78, 5) is 21.3. The van der Waals surface area contributed by atoms with Gasteiger partial charge in [0.15, 0.2) is 5.65 Å². The van der Waals surface area contributed by atoms with Gasteiger partial charge in [0.25, 0.3) is 11.6 Å². The number of hydrogen-bond donors (Lipinski definition) is 3. The van der Waals surface area contributed by atoms with Gasteiger partial charge in [0.2, 0.25) is 0 Å². The molecule has 0 atom stereocenters. The van der Waals surface area contributed by atoms with Crippen molar-refractivity contribution in [3.63, 3.8) is 0 Å². The molecule has 10 nitrogen and oxygen atoms in total. The first-order valence-corrected chi connectivity index (χ1v) is 8.78. The van der Waals surface area contributed by atoms with E-state index in [9.17, 15) is 4.79 Å². The fourth-order valence-corrected chi connectivity index (χ4v) is 4.04. The van der Waals surface area contributed by atoms with Crippen molar-refractivity contribution in [3.8, 4) is 0 Å². The maximum Gasteiger partial charge on any atom is 0.292 e. The zero-order chi connectivity index (χ0) is 19.1. The van der Waals surface area contributed by atoms with E-state index in [4.69, 9.17) is 21.3 Å². The van der Waals surface area contributed by atoms with Crippen LogP contribution in [0.15, 0.2) is 33.4 Å². The summed E-state index contributed by atoms with van der Waals surface area (Å²) in [6, 6.07) is 0.0478. The first-order chi connectivity index (χ1) is 13.0. The van der Waals surface area contributed by atoms with Crippen molar-refractivity contribution in [2.75, 3.05) is 5.73 Å². The van der Waals surface area contributed by atoms with Crippen LogP contribution in [0.25, 0.3) is 21.3 Å². The van der Waals surface area contributed by atoms with Crippen LogP contribution < -0.4 is 17.0 Å². The number of thiazole rings is 1. The van der Waals surface area contributed by atoms with Crippen LogP contribution in [0.5, 0.6) is 0 Å². The van der Waals surface area contributed by atoms with Gasteiger partial charge in [-0.1, -0.05) is 0 Å². The minimum atomic E-state index is -0.250. The van der Waals surface area contributed by atoms with Crippen LogP contribution in [-0.2, 0) is 20.0 Å². The molecule has 0 aromatic carbocycles. The van der Waals surface area contributed by atoms with Crippen molar-refractivity contribution < 1.29 is 4.42 Å². The molecule has 5 N–H and O–H groups in total. The smallest absolute Gasteiger partial charge is 0.292 e. The van der Waals surface area contributed by atoms with Gasteiger partial charge in [-0.3, -0.25) is 4.79 Å². The molecule has 4 aromatic heterocycles. The number of aromatic nitrogens is 5. The molecule has 4 heterocycles. The van der Waals surface area contributed by atoms with Crippen molar-refractivity contribution in [3.05, 3.63) is 45.3 Å². The number of nitrogens with zero attached hydrogens (tertiary/aromatic N) is 5. The zero-order valence-corrected chi connectivity index (χ0v) is 15.2. The number of nitrogen functional groups attached to an aromatic ring is 1. The van der Waals surface area contributed by atoms with Crippen LogP contribution in [0.2, 0.25) is 0 Å². The molecule has 4 aromatic rings. The van der Waals surface area contributed by atoms with Crippen molar-refractivity contribution >= 4 is 44.8 Å². The standard InChI is InChI=1S/C16H16N8O2S/c1-23-12-10(13-14(23)22-11(27-13)4-8(18)2-3-17)6-21-24(15(12)25)7-9-5-20-16(19)26-9/h2-3,5-6,17H,4,7,18H2,1H3,(H2,19,20). The van der Waals surface area contributed by atoms with E-state index in [1.54, 1.807) is 17.8 Å². The highest BCUT2D eigenvalue weighted by Gasteiger charge is 2.18. The first-order valence-electron chi connectivity index (χ1n) is 7.97. The van der Waals surface area contributed by atoms with Gasteiger partial charge in [0.05, 0.1) is 17.1 Å². The maximum atomic E-state index is 12.9. The second-order valence-electron chi connectivity index (χ2n) is 5.94. The number of hydrogen-bond acceptors (Lipinski definition) is 9. The summed E-state index contributed by atoms with van der Waals surface area (Å²) in [5, 5.41) is 12.9. The third-order valence-electron chi connectivity index (χ3n) is 4.10. The number of oxazole rings is 1. The number of nitrogens with two attached hydrogens (primary N) is 2. The summed E-state index contributed by atoms with van der Waals surface area (Å²) in [6.07, 6.45) is 6.25. The second kappa shape index (κ2) is 6.36. The Kier molecular flexibility index (Phi) is 4.00. The Morgan fingerprint density at radius 2 is 2.26 bits per heavy atom. The van der Waals surface area contributed by atoms with E-state index >= 15 is 0 Å². The number of nitrogens with one attached hydrogen (secondary N) is 1. The molecule has 0 radical (unpaired) electrons. The van der Waals surface area contributed by atoms with Gasteiger partial charge in [-0.25, -0.2) is 14.6 Å². The molecule has 0 aliphatic rings. The summed E-state index contributed by atoms with van der Waals surface area (Å²) < 4.78 is 9.16. The average molecular weight is 384 g/mol. The number of anilines is 1. The molecule has 11 heteroatoms. The minimum Gasteiger partial charge on any atom is -0.427 e. The lowest BCUT2D eigenvalue weighted by atomic mass is 10.3. The van der Waals surface area contributed by atoms with E-state index in [-0.39, 0.29) is 18.1 Å². The van der Waals surface area contributed by atoms with E-state index in [2.05, 4.69) is 15.1 Å². The third-order valence-corrected chi connectivity index (χ3v) is 5.18. The molecule has 0 aliphatic carbocycles. The summed E-state index contributed by atoms with van der Waals surface area (Å²) in [7, 11) is 1.79. The van der Waals surface area contributed by atoms with E-state index < -0.39 is 0 Å². The Hall–Kier alpha value is -3.47. The van der Waals surface area contributed by atoms with Crippen LogP contribution in [0, 0.1) is 5.41 Å². The van der Waals surface area contributed by atoms with Gasteiger partial charge >= 0.3 is 0 Å². The first kappa shape index (κ1) is 17.0. The molecular formula is C16H16N8O2S. The van der Waals surface area contributed by atoms with Gasteiger partial charge in [0.1, 0.15) is 22.8 Å². The molecule has 138 valence electrons. The van der Waals surface area contributed by atoms with Crippen molar-refractivity contribution in [2.45, 2.75) is 13.0 Å². The normalized spacial score (nSPS) is 12.3. The molecule has 0 fully saturated rings. The van der Waals surface area contributed by atoms with Crippen molar-refractivity contribution in [2.24, 2.45) is 12.8 Å². The lowest BCUT2D eigenvalue weighted by Crippen LogP contribution is -2.24. The number of aryl methyl sites for hydroxylation is 1. The van der Waals surface area contributed by atoms with Gasteiger partial charge in [-0.05, 0) is 6.08 Å². The van der Waals surface area contributed by atoms with Crippen molar-refractivity contribution in [1.29, 1.82) is 5.41 Å². The Bertz CT molecular complexity index is 1260. The van der Waals surface area contributed by atoms with Crippen molar-refractivity contribution in [1.82, 2.24) is 24.3 Å². The topological polar surface area (TPSA) is 155 Å². The molecule has 27 heavy (non-hydrogen) atoms. The lowest BCUT2D eigenvalue weighted by molar-refractivity contribution is 0.483. The second-order valence-corrected chi connectivity index (χ2v) is 7.02. The Labute approximate surface area is 156 Å². The zero-order valence-electron chi connectivity index (χ0n) is 14.3. The van der Waals surface area contributed by atoms with E-state index in [1.165, 1.54) is 28.3 Å². The van der Waals surface area contributed by atoms with E-state index in [0.29, 0.717) is 29.0 Å². The van der Waals surface area contributed by atoms with Crippen LogP contribution in [0.3, 0.4) is 0 Å². The highest BCUT2D eigenvalue weighted by atomic mass is 32.1. The van der Waals surface area contributed by atoms with E-state index in [0.717, 1.165) is 21.3 Å². The third kappa shape index (κ3) is 2.87. The molecule has 0 bridgehead atoms. The average Bonchev–Trinajstić information content (AvgIpc) is 3.28. The molecule has 4 rings (SSSR count). The predicted octanol–water partition coefficient (Wildman–Crippen LogP) is 0.998. The molecule has 0 unspecified atom stereocenters. The maximum absolute atomic E-state index is 12.9. The highest BCUT2D eigenvalue weighted by Crippen LogP contribution is 2.31. The monoisotopic (exact) mass is 384 g/mol. The highest BCUT2D eigenvalue weighted by molar-refractivity contribution is 7.19. The predicted molar refractivity (Wildman–Crippen MR) is 103 cm³/mol. The van der Waals surface area contributed by atoms with E-state index in [1.807, 2.05) is 0 Å². The van der Waals surface area contributed by atoms with Crippen LogP contribution in [0.4, 0.5) is 6.01 Å². The molecule has 0 aliphatic heterocycles. The quantitative estimate of drug-likeness (QED) is 0.433. The minimum absolute atomic E-state index is 0.0478. The molecule has 0 amide bonds. The van der Waals surface area contributed by atoms with Gasteiger partial charge in [-0.15, -0.1) is 11.3 Å². The number of rotatable bonds is 5. The lowest BCUT2D eigenvalue weighted by Gasteiger charge is -2.03. The molecule has 0 saturated carbocycles. The summed E-state index contributed by atoms with van der Waals surface area (Å²) in [6.45, 7) is 0.140. The fraction of sp³-hybridized carbons (Fsp3) is 0.188. The van der Waals surface area contributed by atoms with Gasteiger partial charge in [-0.2, -0.15) is 5.10 Å². The van der Waals surface area contributed by atoms with Crippen LogP contribution in [-0.4, -0.2) is 30.5 Å². The summed E-state index contributed by atoms with van der Waals surface area (Å²) in [5.41, 5.74) is 12.8. The van der Waals surface area contributed by atoms with Gasteiger partial charge < -0.3 is 25.9 Å². The summed E-state index contributed by atoms with van der Waals surface area (Å²) in [5.74, 6) is 0.450. The van der Waals surface area contributed by atoms with Crippen LogP contribution >= 0.6 is 11.3 Å². The summed E-state index contributed by atoms with van der Waals surface area (Å²) >= 11 is 1.46. The Morgan fingerprint density at radius 1 is 1.44 bits per heavy atom. The Morgan fingerprint density at radius 3 is 2.96 bits per heavy atom. The molecular weight excluding hydrogens is 368 g/mol. The molecule has 0 spiro atoms. The number of fused-ring (bicyclic) bond motifs is 3. The Balaban J connectivity index is 1.79. The largest absolute Gasteiger partial charge is 0.427 e. The van der Waals surface area contributed by atoms with Gasteiger partial charge in [0, 0.05) is 30.8 Å². The van der Waals surface area contributed by atoms with Crippen LogP contribution in [0.1, 0.15) is 10.8 Å². The fourth-order valence-electron chi connectivity index (χ4n) is 2.90. The molecule has 0 saturated heterocycles. The number of allylic oxidation sites excluding steroid dienone is 2. The SMILES string of the molecule is Cn1c2nc(CC(N)=CC=N)sc2c2cnn(Cc3cnc(N)o3)c(=O)c21.